The predicted octanol–water partition coefficient (Wildman–Crippen LogP) is 3.19. The second-order valence-electron chi connectivity index (χ2n) is 4.25. The third-order valence-corrected chi connectivity index (χ3v) is 4.06. The molecule has 0 spiro atoms. The van der Waals surface area contributed by atoms with Gasteiger partial charge in [-0.25, -0.2) is 4.98 Å². The molecule has 0 radical (unpaired) electrons. The second-order valence-corrected chi connectivity index (χ2v) is 5.33. The third-order valence-electron chi connectivity index (χ3n) is 2.79. The van der Waals surface area contributed by atoms with E-state index in [1.165, 1.54) is 21.7 Å². The molecule has 2 aromatic rings. The van der Waals surface area contributed by atoms with E-state index in [2.05, 4.69) is 48.4 Å². The van der Waals surface area contributed by atoms with E-state index in [-0.39, 0.29) is 0 Å². The van der Waals surface area contributed by atoms with Gasteiger partial charge in [0.25, 0.3) is 0 Å². The fourth-order valence-corrected chi connectivity index (χ4v) is 2.79. The van der Waals surface area contributed by atoms with Gasteiger partial charge in [-0.3, -0.25) is 0 Å². The molecule has 1 aromatic heterocycles. The normalized spacial score (nSPS) is 10.8. The van der Waals surface area contributed by atoms with Crippen molar-refractivity contribution in [3.8, 4) is 10.6 Å². The Morgan fingerprint density at radius 1 is 1.18 bits per heavy atom. The van der Waals surface area contributed by atoms with Gasteiger partial charge in [-0.2, -0.15) is 0 Å². The lowest BCUT2D eigenvalue weighted by molar-refractivity contribution is 0.795. The van der Waals surface area contributed by atoms with Crippen LogP contribution in [-0.2, 0) is 6.42 Å². The number of nitrogens with zero attached hydrogens (tertiary/aromatic N) is 1. The van der Waals surface area contributed by atoms with Gasteiger partial charge in [-0.1, -0.05) is 29.8 Å². The molecule has 0 saturated carbocycles. The Bertz CT molecular complexity index is 485. The molecular formula is C14H18N2S. The summed E-state index contributed by atoms with van der Waals surface area (Å²) in [4.78, 5) is 6.04. The SMILES string of the molecule is CNCCc1sc(-c2ccc(C)cc2)nc1C. The van der Waals surface area contributed by atoms with Crippen molar-refractivity contribution < 1.29 is 0 Å². The van der Waals surface area contributed by atoms with E-state index in [0.29, 0.717) is 0 Å². The predicted molar refractivity (Wildman–Crippen MR) is 74.7 cm³/mol. The molecule has 3 heteroatoms. The number of rotatable bonds is 4. The fourth-order valence-electron chi connectivity index (χ4n) is 1.72. The molecule has 0 saturated heterocycles. The molecule has 0 aliphatic heterocycles. The Morgan fingerprint density at radius 3 is 2.53 bits per heavy atom. The van der Waals surface area contributed by atoms with Crippen LogP contribution in [0.2, 0.25) is 0 Å². The van der Waals surface area contributed by atoms with Crippen molar-refractivity contribution >= 4 is 11.3 Å². The molecule has 0 atom stereocenters. The maximum Gasteiger partial charge on any atom is 0.123 e. The zero-order chi connectivity index (χ0) is 12.3. The van der Waals surface area contributed by atoms with E-state index in [4.69, 9.17) is 0 Å². The van der Waals surface area contributed by atoms with Gasteiger partial charge in [0.2, 0.25) is 0 Å². The number of thiazole rings is 1. The molecule has 17 heavy (non-hydrogen) atoms. The molecule has 90 valence electrons. The van der Waals surface area contributed by atoms with Crippen molar-refractivity contribution in [2.75, 3.05) is 13.6 Å². The van der Waals surface area contributed by atoms with Gasteiger partial charge in [0, 0.05) is 10.4 Å². The number of aryl methyl sites for hydroxylation is 2. The molecule has 0 fully saturated rings. The second kappa shape index (κ2) is 5.43. The van der Waals surface area contributed by atoms with Gasteiger partial charge < -0.3 is 5.32 Å². The zero-order valence-corrected chi connectivity index (χ0v) is 11.4. The fraction of sp³-hybridized carbons (Fsp3) is 0.357. The third kappa shape index (κ3) is 2.93. The molecule has 1 N–H and O–H groups in total. The molecule has 0 bridgehead atoms. The molecule has 0 amide bonds. The smallest absolute Gasteiger partial charge is 0.123 e. The van der Waals surface area contributed by atoms with Crippen LogP contribution in [0.5, 0.6) is 0 Å². The summed E-state index contributed by atoms with van der Waals surface area (Å²) in [6.07, 6.45) is 1.06. The van der Waals surface area contributed by atoms with Gasteiger partial charge >= 0.3 is 0 Å². The number of likely N-dealkylation sites (N-methyl/N-ethyl adjacent to an activating group) is 1. The largest absolute Gasteiger partial charge is 0.319 e. The quantitative estimate of drug-likeness (QED) is 0.896. The summed E-state index contributed by atoms with van der Waals surface area (Å²) in [7, 11) is 1.98. The summed E-state index contributed by atoms with van der Waals surface area (Å²) in [6, 6.07) is 8.57. The van der Waals surface area contributed by atoms with E-state index in [1.807, 2.05) is 18.4 Å². The Kier molecular flexibility index (Phi) is 3.92. The number of aromatic nitrogens is 1. The van der Waals surface area contributed by atoms with Crippen LogP contribution in [-0.4, -0.2) is 18.6 Å². The average Bonchev–Trinajstić information content (AvgIpc) is 2.69. The molecule has 2 rings (SSSR count). The van der Waals surface area contributed by atoms with E-state index < -0.39 is 0 Å². The van der Waals surface area contributed by atoms with E-state index in [9.17, 15) is 0 Å². The monoisotopic (exact) mass is 246 g/mol. The minimum atomic E-state index is 1.01. The highest BCUT2D eigenvalue weighted by Gasteiger charge is 2.08. The summed E-state index contributed by atoms with van der Waals surface area (Å²) < 4.78 is 0. The van der Waals surface area contributed by atoms with Gasteiger partial charge in [0.05, 0.1) is 5.69 Å². The van der Waals surface area contributed by atoms with Gasteiger partial charge in [0.15, 0.2) is 0 Å². The van der Waals surface area contributed by atoms with Crippen LogP contribution in [0.1, 0.15) is 16.1 Å². The minimum Gasteiger partial charge on any atom is -0.319 e. The Hall–Kier alpha value is -1.19. The van der Waals surface area contributed by atoms with Crippen LogP contribution >= 0.6 is 11.3 Å². The number of nitrogens with one attached hydrogen (secondary N) is 1. The van der Waals surface area contributed by atoms with E-state index in [1.54, 1.807) is 0 Å². The summed E-state index contributed by atoms with van der Waals surface area (Å²) in [5.74, 6) is 0. The summed E-state index contributed by atoms with van der Waals surface area (Å²) >= 11 is 1.81. The first kappa shape index (κ1) is 12.3. The average molecular weight is 246 g/mol. The summed E-state index contributed by atoms with van der Waals surface area (Å²) in [5.41, 5.74) is 3.68. The molecule has 2 nitrogen and oxygen atoms in total. The van der Waals surface area contributed by atoms with Crippen LogP contribution in [0.15, 0.2) is 24.3 Å². The highest BCUT2D eigenvalue weighted by molar-refractivity contribution is 7.15. The van der Waals surface area contributed by atoms with E-state index in [0.717, 1.165) is 18.0 Å². The first-order valence-corrected chi connectivity index (χ1v) is 6.70. The van der Waals surface area contributed by atoms with Crippen LogP contribution in [0.25, 0.3) is 10.6 Å². The van der Waals surface area contributed by atoms with Crippen molar-refractivity contribution in [3.63, 3.8) is 0 Å². The van der Waals surface area contributed by atoms with Crippen LogP contribution in [0, 0.1) is 13.8 Å². The minimum absolute atomic E-state index is 1.01. The molecule has 0 aliphatic rings. The van der Waals surface area contributed by atoms with Crippen molar-refractivity contribution in [2.45, 2.75) is 20.3 Å². The van der Waals surface area contributed by atoms with Crippen molar-refractivity contribution in [1.29, 1.82) is 0 Å². The molecule has 0 aliphatic carbocycles. The molecular weight excluding hydrogens is 228 g/mol. The van der Waals surface area contributed by atoms with Crippen molar-refractivity contribution in [1.82, 2.24) is 10.3 Å². The lowest BCUT2D eigenvalue weighted by atomic mass is 10.2. The highest BCUT2D eigenvalue weighted by atomic mass is 32.1. The van der Waals surface area contributed by atoms with Crippen LogP contribution < -0.4 is 5.32 Å². The molecule has 1 aromatic carbocycles. The standard InChI is InChI=1S/C14H18N2S/c1-10-4-6-12(7-5-10)14-16-11(2)13(17-14)8-9-15-3/h4-7,15H,8-9H2,1-3H3. The lowest BCUT2D eigenvalue weighted by Gasteiger charge is -1.97. The summed E-state index contributed by atoms with van der Waals surface area (Å²) in [6.45, 7) is 5.21. The number of hydrogen-bond acceptors (Lipinski definition) is 3. The number of hydrogen-bond donors (Lipinski definition) is 1. The van der Waals surface area contributed by atoms with Crippen molar-refractivity contribution in [3.05, 3.63) is 40.4 Å². The highest BCUT2D eigenvalue weighted by Crippen LogP contribution is 2.28. The Balaban J connectivity index is 2.24. The van der Waals surface area contributed by atoms with Crippen LogP contribution in [0.4, 0.5) is 0 Å². The lowest BCUT2D eigenvalue weighted by Crippen LogP contribution is -2.09. The van der Waals surface area contributed by atoms with Gasteiger partial charge in [0.1, 0.15) is 5.01 Å². The summed E-state index contributed by atoms with van der Waals surface area (Å²) in [5, 5.41) is 4.31. The Morgan fingerprint density at radius 2 is 1.88 bits per heavy atom. The van der Waals surface area contributed by atoms with Gasteiger partial charge in [-0.05, 0) is 33.9 Å². The van der Waals surface area contributed by atoms with Crippen LogP contribution in [0.3, 0.4) is 0 Å². The number of benzene rings is 1. The van der Waals surface area contributed by atoms with E-state index >= 15 is 0 Å². The topological polar surface area (TPSA) is 24.9 Å². The first-order valence-electron chi connectivity index (χ1n) is 5.88. The first-order chi connectivity index (χ1) is 8.20. The zero-order valence-electron chi connectivity index (χ0n) is 10.6. The molecule has 1 heterocycles. The molecule has 0 unspecified atom stereocenters. The Labute approximate surface area is 107 Å². The van der Waals surface area contributed by atoms with Crippen molar-refractivity contribution in [2.24, 2.45) is 0 Å². The maximum absolute atomic E-state index is 4.65. The maximum atomic E-state index is 4.65. The van der Waals surface area contributed by atoms with Gasteiger partial charge in [-0.15, -0.1) is 11.3 Å².